The van der Waals surface area contributed by atoms with Crippen molar-refractivity contribution in [3.8, 4) is 5.75 Å². The number of nitrogens with one attached hydrogen (secondary N) is 1. The molecule has 0 bridgehead atoms. The molecule has 2 fully saturated rings. The molecular weight excluding hydrogens is 317 g/mol. The molecule has 4 nitrogen and oxygen atoms in total. The molecular formula is C17H24FNO3S. The number of halogens is 1. The number of piperidine rings is 1. The van der Waals surface area contributed by atoms with E-state index in [-0.39, 0.29) is 10.6 Å². The Morgan fingerprint density at radius 3 is 2.70 bits per heavy atom. The summed E-state index contributed by atoms with van der Waals surface area (Å²) in [5.41, 5.74) is 0. The minimum Gasteiger partial charge on any atom is -0.491 e. The van der Waals surface area contributed by atoms with Crippen LogP contribution >= 0.6 is 0 Å². The maximum Gasteiger partial charge on any atom is 0.175 e. The lowest BCUT2D eigenvalue weighted by molar-refractivity contribution is 0.270. The molecule has 0 amide bonds. The van der Waals surface area contributed by atoms with E-state index in [1.807, 2.05) is 0 Å². The number of benzene rings is 1. The van der Waals surface area contributed by atoms with E-state index in [4.69, 9.17) is 4.74 Å². The number of rotatable bonds is 6. The second-order valence-electron chi connectivity index (χ2n) is 6.75. The normalized spacial score (nSPS) is 25.3. The maximum atomic E-state index is 13.9. The molecule has 1 aliphatic heterocycles. The lowest BCUT2D eigenvalue weighted by atomic mass is 9.91. The smallest absolute Gasteiger partial charge is 0.175 e. The Hall–Kier alpha value is -1.14. The molecule has 2 aliphatic rings. The molecule has 1 N–H and O–H groups in total. The summed E-state index contributed by atoms with van der Waals surface area (Å²) in [4.78, 5) is -0.0180. The summed E-state index contributed by atoms with van der Waals surface area (Å²) >= 11 is 0. The van der Waals surface area contributed by atoms with Crippen LogP contribution in [0.3, 0.4) is 0 Å². The van der Waals surface area contributed by atoms with Gasteiger partial charge in [-0.3, -0.25) is 0 Å². The Bertz CT molecular complexity index is 656. The van der Waals surface area contributed by atoms with Gasteiger partial charge >= 0.3 is 0 Å². The summed E-state index contributed by atoms with van der Waals surface area (Å²) in [6.07, 6.45) is 5.81. The van der Waals surface area contributed by atoms with Crippen molar-refractivity contribution in [1.82, 2.24) is 5.32 Å². The van der Waals surface area contributed by atoms with Crippen LogP contribution in [0.1, 0.15) is 25.7 Å². The maximum absolute atomic E-state index is 13.9. The Morgan fingerprint density at radius 1 is 1.30 bits per heavy atom. The van der Waals surface area contributed by atoms with Crippen LogP contribution < -0.4 is 10.1 Å². The highest BCUT2D eigenvalue weighted by atomic mass is 32.2. The van der Waals surface area contributed by atoms with Crippen LogP contribution in [-0.4, -0.2) is 34.4 Å². The van der Waals surface area contributed by atoms with Crippen molar-refractivity contribution in [2.45, 2.75) is 30.6 Å². The zero-order valence-electron chi connectivity index (χ0n) is 13.4. The predicted molar refractivity (Wildman–Crippen MR) is 86.8 cm³/mol. The van der Waals surface area contributed by atoms with Gasteiger partial charge in [0.2, 0.25) is 0 Å². The van der Waals surface area contributed by atoms with Crippen LogP contribution in [0.15, 0.2) is 23.1 Å². The molecule has 1 saturated heterocycles. The summed E-state index contributed by atoms with van der Waals surface area (Å²) in [6.45, 7) is 2.74. The molecule has 0 aromatic heterocycles. The van der Waals surface area contributed by atoms with Crippen molar-refractivity contribution in [3.63, 3.8) is 0 Å². The number of hydrogen-bond acceptors (Lipinski definition) is 4. The van der Waals surface area contributed by atoms with E-state index in [1.165, 1.54) is 31.4 Å². The third-order valence-electron chi connectivity index (χ3n) is 5.04. The van der Waals surface area contributed by atoms with Crippen molar-refractivity contribution in [2.75, 3.05) is 26.0 Å². The average molecular weight is 341 g/mol. The summed E-state index contributed by atoms with van der Waals surface area (Å²) in [5, 5.41) is 3.39. The highest BCUT2D eigenvalue weighted by molar-refractivity contribution is 7.90. The molecule has 0 radical (unpaired) electrons. The van der Waals surface area contributed by atoms with Crippen LogP contribution in [0, 0.1) is 23.6 Å². The van der Waals surface area contributed by atoms with Gasteiger partial charge in [0.05, 0.1) is 11.5 Å². The average Bonchev–Trinajstić information content (AvgIpc) is 3.28. The van der Waals surface area contributed by atoms with Gasteiger partial charge < -0.3 is 10.1 Å². The molecule has 3 rings (SSSR count). The molecule has 6 heteroatoms. The second kappa shape index (κ2) is 6.77. The van der Waals surface area contributed by atoms with Gasteiger partial charge in [0, 0.05) is 6.26 Å². The molecule has 2 atom stereocenters. The van der Waals surface area contributed by atoms with E-state index in [1.54, 1.807) is 0 Å². The Balaban J connectivity index is 1.46. The van der Waals surface area contributed by atoms with Crippen LogP contribution in [0.25, 0.3) is 0 Å². The van der Waals surface area contributed by atoms with Crippen LogP contribution in [0.2, 0.25) is 0 Å². The minimum absolute atomic E-state index is 0.0180. The van der Waals surface area contributed by atoms with Gasteiger partial charge in [0.25, 0.3) is 0 Å². The van der Waals surface area contributed by atoms with Crippen LogP contribution in [-0.2, 0) is 9.84 Å². The minimum atomic E-state index is -3.39. The van der Waals surface area contributed by atoms with Crippen LogP contribution in [0.5, 0.6) is 5.75 Å². The zero-order valence-corrected chi connectivity index (χ0v) is 14.2. The van der Waals surface area contributed by atoms with Gasteiger partial charge in [-0.2, -0.15) is 0 Å². The van der Waals surface area contributed by atoms with E-state index in [0.29, 0.717) is 12.5 Å². The summed E-state index contributed by atoms with van der Waals surface area (Å²) in [7, 11) is -3.39. The van der Waals surface area contributed by atoms with Gasteiger partial charge in [-0.25, -0.2) is 12.8 Å². The third kappa shape index (κ3) is 4.23. The molecule has 23 heavy (non-hydrogen) atoms. The molecule has 1 aromatic rings. The Morgan fingerprint density at radius 2 is 2.04 bits per heavy atom. The third-order valence-corrected chi connectivity index (χ3v) is 6.15. The van der Waals surface area contributed by atoms with E-state index < -0.39 is 15.7 Å². The SMILES string of the molecule is CS(=O)(=O)c1ccc(OCCC2CC2C2CCNCC2)c(F)c1. The van der Waals surface area contributed by atoms with E-state index >= 15 is 0 Å². The second-order valence-corrected chi connectivity index (χ2v) is 8.76. The fourth-order valence-corrected chi connectivity index (χ4v) is 4.23. The largest absolute Gasteiger partial charge is 0.491 e. The highest BCUT2D eigenvalue weighted by Crippen LogP contribution is 2.49. The van der Waals surface area contributed by atoms with Gasteiger partial charge in [0.1, 0.15) is 0 Å². The van der Waals surface area contributed by atoms with Crippen LogP contribution in [0.4, 0.5) is 4.39 Å². The summed E-state index contributed by atoms with van der Waals surface area (Å²) in [6, 6.07) is 3.82. The standard InChI is InChI=1S/C17H24FNO3S/c1-23(20,21)14-2-3-17(16(18)11-14)22-9-6-13-10-15(13)12-4-7-19-8-5-12/h2-3,11-13,15,19H,4-10H2,1H3. The Labute approximate surface area is 137 Å². The first kappa shape index (κ1) is 16.7. The van der Waals surface area contributed by atoms with Crippen molar-refractivity contribution >= 4 is 9.84 Å². The Kier molecular flexibility index (Phi) is 4.92. The molecule has 1 aromatic carbocycles. The van der Waals surface area contributed by atoms with Gasteiger partial charge in [-0.1, -0.05) is 0 Å². The van der Waals surface area contributed by atoms with Gasteiger partial charge in [-0.15, -0.1) is 0 Å². The molecule has 1 heterocycles. The van der Waals surface area contributed by atoms with Gasteiger partial charge in [0.15, 0.2) is 21.4 Å². The fourth-order valence-electron chi connectivity index (χ4n) is 3.60. The van der Waals surface area contributed by atoms with Crippen molar-refractivity contribution in [2.24, 2.45) is 17.8 Å². The van der Waals surface area contributed by atoms with Crippen molar-refractivity contribution < 1.29 is 17.5 Å². The van der Waals surface area contributed by atoms with E-state index in [0.717, 1.165) is 43.7 Å². The first-order valence-electron chi connectivity index (χ1n) is 8.28. The van der Waals surface area contributed by atoms with Crippen molar-refractivity contribution in [3.05, 3.63) is 24.0 Å². The first-order valence-corrected chi connectivity index (χ1v) is 10.2. The van der Waals surface area contributed by atoms with E-state index in [9.17, 15) is 12.8 Å². The zero-order chi connectivity index (χ0) is 16.4. The quantitative estimate of drug-likeness (QED) is 0.864. The fraction of sp³-hybridized carbons (Fsp3) is 0.647. The van der Waals surface area contributed by atoms with E-state index in [2.05, 4.69) is 5.32 Å². The molecule has 1 saturated carbocycles. The molecule has 128 valence electrons. The monoisotopic (exact) mass is 341 g/mol. The van der Waals surface area contributed by atoms with Crippen molar-refractivity contribution in [1.29, 1.82) is 0 Å². The number of sulfone groups is 1. The number of ether oxygens (including phenoxy) is 1. The lowest BCUT2D eigenvalue weighted by Gasteiger charge is -2.22. The molecule has 0 spiro atoms. The highest BCUT2D eigenvalue weighted by Gasteiger charge is 2.42. The summed E-state index contributed by atoms with van der Waals surface area (Å²) in [5.74, 6) is 1.89. The predicted octanol–water partition coefficient (Wildman–Crippen LogP) is 2.63. The summed E-state index contributed by atoms with van der Waals surface area (Å²) < 4.78 is 42.2. The topological polar surface area (TPSA) is 55.4 Å². The molecule has 2 unspecified atom stereocenters. The first-order chi connectivity index (χ1) is 10.9. The lowest BCUT2D eigenvalue weighted by Crippen LogP contribution is -2.29. The van der Waals surface area contributed by atoms with Gasteiger partial charge in [-0.05, 0) is 74.7 Å². The molecule has 1 aliphatic carbocycles. The number of hydrogen-bond donors (Lipinski definition) is 1.